The van der Waals surface area contributed by atoms with Gasteiger partial charge in [-0.05, 0) is 24.6 Å². The van der Waals surface area contributed by atoms with Crippen LogP contribution in [0.1, 0.15) is 33.9 Å². The molecule has 1 fully saturated rings. The smallest absolute Gasteiger partial charge is 0.277 e. The number of rotatable bonds is 6. The summed E-state index contributed by atoms with van der Waals surface area (Å²) in [5.74, 6) is -1.08. The number of carbonyl (C=O) groups is 1. The van der Waals surface area contributed by atoms with Crippen LogP contribution < -0.4 is 16.1 Å². The number of benzene rings is 1. The lowest BCUT2D eigenvalue weighted by Gasteiger charge is -2.28. The Morgan fingerprint density at radius 2 is 1.86 bits per heavy atom. The van der Waals surface area contributed by atoms with Crippen molar-refractivity contribution < 1.29 is 23.5 Å². The Hall–Kier alpha value is -3.81. The number of ether oxygens (including phenoxy) is 1. The van der Waals surface area contributed by atoms with Gasteiger partial charge in [0.25, 0.3) is 5.91 Å². The van der Waals surface area contributed by atoms with E-state index in [1.165, 1.54) is 23.7 Å². The van der Waals surface area contributed by atoms with Gasteiger partial charge in [0.1, 0.15) is 23.1 Å². The zero-order chi connectivity index (χ0) is 26.1. The molecule has 1 atom stereocenters. The van der Waals surface area contributed by atoms with E-state index in [0.717, 1.165) is 21.7 Å². The van der Waals surface area contributed by atoms with Gasteiger partial charge >= 0.3 is 0 Å². The number of thiophene rings is 1. The highest BCUT2D eigenvalue weighted by molar-refractivity contribution is 7.19. The Kier molecular flexibility index (Phi) is 6.91. The van der Waals surface area contributed by atoms with Crippen molar-refractivity contribution in [1.29, 1.82) is 0 Å². The summed E-state index contributed by atoms with van der Waals surface area (Å²) in [6.07, 6.45) is 3.30. The van der Waals surface area contributed by atoms with E-state index in [1.807, 2.05) is 13.0 Å². The summed E-state index contributed by atoms with van der Waals surface area (Å²) >= 11 is 1.54. The normalized spacial score (nSPS) is 14.6. The molecule has 0 spiro atoms. The SMILES string of the molecule is CC(Cc1cc2nc(-c3cc(F)c(N)c(F)c3)nc(N3CCOCC3)c2s1)c1ncc(C(=O)NO)cn1. The number of nitrogen functional groups attached to an aromatic ring is 1. The van der Waals surface area contributed by atoms with Gasteiger partial charge in [-0.25, -0.2) is 34.2 Å². The molecule has 37 heavy (non-hydrogen) atoms. The number of hydrogen-bond donors (Lipinski definition) is 3. The quantitative estimate of drug-likeness (QED) is 0.196. The minimum atomic E-state index is -0.867. The molecule has 0 radical (unpaired) electrons. The third-order valence-corrected chi connectivity index (χ3v) is 7.18. The number of nitrogens with zero attached hydrogens (tertiary/aromatic N) is 5. The van der Waals surface area contributed by atoms with Crippen LogP contribution in [0.2, 0.25) is 0 Å². The predicted octanol–water partition coefficient (Wildman–Crippen LogP) is 3.31. The molecule has 13 heteroatoms. The van der Waals surface area contributed by atoms with E-state index in [9.17, 15) is 13.6 Å². The molecule has 0 saturated carbocycles. The highest BCUT2D eigenvalue weighted by Gasteiger charge is 2.22. The van der Waals surface area contributed by atoms with Crippen molar-refractivity contribution in [3.8, 4) is 11.4 Å². The zero-order valence-electron chi connectivity index (χ0n) is 19.7. The highest BCUT2D eigenvalue weighted by atomic mass is 32.1. The maximum atomic E-state index is 14.2. The molecule has 192 valence electrons. The number of hydrogen-bond acceptors (Lipinski definition) is 10. The van der Waals surface area contributed by atoms with Crippen molar-refractivity contribution in [3.63, 3.8) is 0 Å². The Morgan fingerprint density at radius 1 is 1.19 bits per heavy atom. The van der Waals surface area contributed by atoms with Gasteiger partial charge in [0.15, 0.2) is 11.6 Å². The second kappa shape index (κ2) is 10.3. The van der Waals surface area contributed by atoms with Crippen LogP contribution in [0.25, 0.3) is 21.6 Å². The number of amides is 1. The monoisotopic (exact) mass is 527 g/mol. The number of carbonyl (C=O) groups excluding carboxylic acids is 1. The summed E-state index contributed by atoms with van der Waals surface area (Å²) in [7, 11) is 0. The molecule has 1 aliphatic heterocycles. The Balaban J connectivity index is 1.51. The van der Waals surface area contributed by atoms with E-state index in [2.05, 4.69) is 19.9 Å². The molecule has 0 aliphatic carbocycles. The van der Waals surface area contributed by atoms with Gasteiger partial charge in [0.05, 0.1) is 29.0 Å². The Labute approximate surface area is 214 Å². The number of aromatic nitrogens is 4. The Morgan fingerprint density at radius 3 is 2.51 bits per heavy atom. The molecule has 4 aromatic rings. The van der Waals surface area contributed by atoms with Crippen LogP contribution in [0.3, 0.4) is 0 Å². The van der Waals surface area contributed by atoms with Crippen molar-refractivity contribution in [2.24, 2.45) is 0 Å². The first-order chi connectivity index (χ1) is 17.8. The van der Waals surface area contributed by atoms with E-state index < -0.39 is 23.2 Å². The lowest BCUT2D eigenvalue weighted by atomic mass is 10.1. The van der Waals surface area contributed by atoms with Gasteiger partial charge in [-0.15, -0.1) is 11.3 Å². The first kappa shape index (κ1) is 24.9. The molecule has 0 bridgehead atoms. The van der Waals surface area contributed by atoms with Crippen molar-refractivity contribution in [1.82, 2.24) is 25.4 Å². The number of hydroxylamine groups is 1. The second-order valence-electron chi connectivity index (χ2n) is 8.63. The van der Waals surface area contributed by atoms with Crippen LogP contribution in [-0.4, -0.2) is 57.4 Å². The lowest BCUT2D eigenvalue weighted by Crippen LogP contribution is -2.36. The van der Waals surface area contributed by atoms with Crippen molar-refractivity contribution in [2.75, 3.05) is 36.9 Å². The van der Waals surface area contributed by atoms with E-state index in [0.29, 0.717) is 49.9 Å². The van der Waals surface area contributed by atoms with E-state index >= 15 is 0 Å². The van der Waals surface area contributed by atoms with Gasteiger partial charge in [0.2, 0.25) is 0 Å². The number of halogens is 2. The maximum Gasteiger partial charge on any atom is 0.277 e. The molecule has 5 rings (SSSR count). The summed E-state index contributed by atoms with van der Waals surface area (Å²) < 4.78 is 34.7. The number of nitrogens with two attached hydrogens (primary N) is 1. The minimum absolute atomic E-state index is 0.0844. The molecular formula is C24H23F2N7O3S. The largest absolute Gasteiger partial charge is 0.394 e. The first-order valence-corrected chi connectivity index (χ1v) is 12.3. The molecule has 4 heterocycles. The number of morpholine rings is 1. The second-order valence-corrected chi connectivity index (χ2v) is 9.76. The van der Waals surface area contributed by atoms with Gasteiger partial charge in [0, 0.05) is 41.8 Å². The van der Waals surface area contributed by atoms with Gasteiger partial charge < -0.3 is 15.4 Å². The molecule has 1 unspecified atom stereocenters. The molecule has 1 amide bonds. The number of fused-ring (bicyclic) bond motifs is 1. The Bertz CT molecular complexity index is 1440. The van der Waals surface area contributed by atoms with Gasteiger partial charge in [-0.1, -0.05) is 6.92 Å². The van der Waals surface area contributed by atoms with Crippen LogP contribution in [0, 0.1) is 11.6 Å². The molecule has 1 aliphatic rings. The van der Waals surface area contributed by atoms with Crippen LogP contribution in [-0.2, 0) is 11.2 Å². The molecule has 4 N–H and O–H groups in total. The average Bonchev–Trinajstić information content (AvgIpc) is 3.33. The minimum Gasteiger partial charge on any atom is -0.394 e. The molecule has 1 aromatic carbocycles. The predicted molar refractivity (Wildman–Crippen MR) is 134 cm³/mol. The summed E-state index contributed by atoms with van der Waals surface area (Å²) in [5, 5.41) is 8.76. The van der Waals surface area contributed by atoms with Crippen LogP contribution in [0.15, 0.2) is 30.6 Å². The maximum absolute atomic E-state index is 14.2. The standard InChI is InChI=1S/C24H23F2N7O3S/c1-12(21-28-10-14(11-29-21)24(34)32-35)6-15-9-18-20(37-15)23(33-2-4-36-5-3-33)31-22(30-18)13-7-16(25)19(27)17(26)8-13/h7-12,35H,2-6,27H2,1H3,(H,32,34). The molecule has 10 nitrogen and oxygen atoms in total. The van der Waals surface area contributed by atoms with Crippen LogP contribution in [0.5, 0.6) is 0 Å². The summed E-state index contributed by atoms with van der Waals surface area (Å²) in [4.78, 5) is 32.4. The topological polar surface area (TPSA) is 139 Å². The van der Waals surface area contributed by atoms with Gasteiger partial charge in [-0.3, -0.25) is 10.0 Å². The highest BCUT2D eigenvalue weighted by Crippen LogP contribution is 2.36. The van der Waals surface area contributed by atoms with Crippen LogP contribution in [0.4, 0.5) is 20.3 Å². The lowest BCUT2D eigenvalue weighted by molar-refractivity contribution is 0.0705. The molecule has 1 saturated heterocycles. The summed E-state index contributed by atoms with van der Waals surface area (Å²) in [6.45, 7) is 4.31. The number of anilines is 2. The van der Waals surface area contributed by atoms with Gasteiger partial charge in [-0.2, -0.15) is 0 Å². The average molecular weight is 528 g/mol. The van der Waals surface area contributed by atoms with Crippen molar-refractivity contribution in [2.45, 2.75) is 19.3 Å². The van der Waals surface area contributed by atoms with Crippen molar-refractivity contribution in [3.05, 3.63) is 58.5 Å². The number of nitrogens with one attached hydrogen (secondary N) is 1. The van der Waals surface area contributed by atoms with E-state index in [-0.39, 0.29) is 22.9 Å². The fraction of sp³-hybridized carbons (Fsp3) is 0.292. The third-order valence-electron chi connectivity index (χ3n) is 6.04. The summed E-state index contributed by atoms with van der Waals surface area (Å²) in [6, 6.07) is 4.20. The zero-order valence-corrected chi connectivity index (χ0v) is 20.6. The third kappa shape index (κ3) is 5.05. The molecular weight excluding hydrogens is 504 g/mol. The van der Waals surface area contributed by atoms with Crippen molar-refractivity contribution >= 4 is 39.0 Å². The van der Waals surface area contributed by atoms with E-state index in [4.69, 9.17) is 20.7 Å². The fourth-order valence-electron chi connectivity index (χ4n) is 4.06. The first-order valence-electron chi connectivity index (χ1n) is 11.5. The summed E-state index contributed by atoms with van der Waals surface area (Å²) in [5.41, 5.74) is 7.45. The van der Waals surface area contributed by atoms with E-state index in [1.54, 1.807) is 5.48 Å². The molecule has 3 aromatic heterocycles. The fourth-order valence-corrected chi connectivity index (χ4v) is 5.31. The van der Waals surface area contributed by atoms with Crippen LogP contribution >= 0.6 is 11.3 Å².